The number of hydrogen-bond acceptors (Lipinski definition) is 3. The molecule has 0 fully saturated rings. The van der Waals surface area contributed by atoms with Crippen molar-refractivity contribution in [2.24, 2.45) is 0 Å². The lowest BCUT2D eigenvalue weighted by atomic mass is 10.00. The quantitative estimate of drug-likeness (QED) is 0.725. The first-order chi connectivity index (χ1) is 10.8. The second-order valence-corrected chi connectivity index (χ2v) is 6.09. The molecule has 2 nitrogen and oxygen atoms in total. The molecule has 2 aromatic rings. The first-order valence-corrected chi connectivity index (χ1v) is 8.42. The number of ether oxygens (including phenoxy) is 2. The first-order valence-electron chi connectivity index (χ1n) is 7.47. The molecule has 0 saturated heterocycles. The second kappa shape index (κ2) is 6.84. The number of rotatable bonds is 5. The summed E-state index contributed by atoms with van der Waals surface area (Å²) in [5.74, 6) is 1.77. The number of hydrogen-bond donors (Lipinski definition) is 0. The fourth-order valence-electron chi connectivity index (χ4n) is 2.81. The summed E-state index contributed by atoms with van der Waals surface area (Å²) < 4.78 is 11.3. The monoisotopic (exact) mass is 312 g/mol. The molecule has 0 amide bonds. The van der Waals surface area contributed by atoms with Crippen molar-refractivity contribution in [3.63, 3.8) is 0 Å². The molecule has 0 unspecified atom stereocenters. The number of methoxy groups -OCH3 is 2. The molecule has 0 bridgehead atoms. The first kappa shape index (κ1) is 14.9. The Morgan fingerprint density at radius 1 is 1.05 bits per heavy atom. The maximum Gasteiger partial charge on any atom is 0.130 e. The van der Waals surface area contributed by atoms with Crippen LogP contribution >= 0.6 is 11.3 Å². The lowest BCUT2D eigenvalue weighted by Crippen LogP contribution is -1.96. The summed E-state index contributed by atoms with van der Waals surface area (Å²) in [6, 6.07) is 6.27. The van der Waals surface area contributed by atoms with E-state index in [-0.39, 0.29) is 0 Å². The molecule has 22 heavy (non-hydrogen) atoms. The van der Waals surface area contributed by atoms with Gasteiger partial charge in [0.05, 0.1) is 19.8 Å². The molecule has 0 spiro atoms. The van der Waals surface area contributed by atoms with Crippen molar-refractivity contribution >= 4 is 29.1 Å². The molecular formula is C19H20O2S. The van der Waals surface area contributed by atoms with E-state index < -0.39 is 0 Å². The molecule has 0 radical (unpaired) electrons. The zero-order valence-electron chi connectivity index (χ0n) is 13.0. The van der Waals surface area contributed by atoms with Crippen LogP contribution in [0.4, 0.5) is 0 Å². The highest BCUT2D eigenvalue weighted by molar-refractivity contribution is 7.08. The summed E-state index contributed by atoms with van der Waals surface area (Å²) >= 11 is 1.70. The third-order valence-corrected chi connectivity index (χ3v) is 4.60. The Morgan fingerprint density at radius 3 is 2.32 bits per heavy atom. The maximum atomic E-state index is 5.63. The Morgan fingerprint density at radius 2 is 1.77 bits per heavy atom. The van der Waals surface area contributed by atoms with Gasteiger partial charge in [0, 0.05) is 0 Å². The lowest BCUT2D eigenvalue weighted by molar-refractivity contribution is 0.391. The minimum Gasteiger partial charge on any atom is -0.496 e. The van der Waals surface area contributed by atoms with Crippen molar-refractivity contribution < 1.29 is 9.47 Å². The van der Waals surface area contributed by atoms with Crippen LogP contribution in [0.25, 0.3) is 17.7 Å². The molecule has 1 aliphatic rings. The minimum atomic E-state index is 0.887. The van der Waals surface area contributed by atoms with Crippen molar-refractivity contribution in [1.82, 2.24) is 0 Å². The molecule has 3 heteroatoms. The molecule has 3 rings (SSSR count). The largest absolute Gasteiger partial charge is 0.496 e. The van der Waals surface area contributed by atoms with Crippen LogP contribution in [0.3, 0.4) is 0 Å². The average Bonchev–Trinajstić information content (AvgIpc) is 3.25. The Kier molecular flexibility index (Phi) is 4.64. The highest BCUT2D eigenvalue weighted by Crippen LogP contribution is 2.41. The smallest absolute Gasteiger partial charge is 0.130 e. The summed E-state index contributed by atoms with van der Waals surface area (Å²) in [6.45, 7) is 0. The van der Waals surface area contributed by atoms with E-state index in [0.717, 1.165) is 35.5 Å². The van der Waals surface area contributed by atoms with E-state index in [2.05, 4.69) is 47.2 Å². The Labute approximate surface area is 135 Å². The van der Waals surface area contributed by atoms with Crippen molar-refractivity contribution in [2.45, 2.75) is 19.3 Å². The fraction of sp³-hybridized carbons (Fsp3) is 0.263. The summed E-state index contributed by atoms with van der Waals surface area (Å²) in [5.41, 5.74) is 4.74. The van der Waals surface area contributed by atoms with Crippen LogP contribution in [-0.4, -0.2) is 14.2 Å². The van der Waals surface area contributed by atoms with Gasteiger partial charge in [0.15, 0.2) is 0 Å². The molecule has 1 heterocycles. The van der Waals surface area contributed by atoms with E-state index in [1.807, 2.05) is 0 Å². The second-order valence-electron chi connectivity index (χ2n) is 5.31. The predicted octanol–water partition coefficient (Wildman–Crippen LogP) is 5.50. The fourth-order valence-corrected chi connectivity index (χ4v) is 3.43. The molecule has 1 aliphatic carbocycles. The van der Waals surface area contributed by atoms with Gasteiger partial charge in [-0.15, -0.1) is 0 Å². The minimum absolute atomic E-state index is 0.887. The van der Waals surface area contributed by atoms with E-state index in [1.165, 1.54) is 17.6 Å². The van der Waals surface area contributed by atoms with Crippen LogP contribution < -0.4 is 9.47 Å². The topological polar surface area (TPSA) is 18.5 Å². The van der Waals surface area contributed by atoms with Gasteiger partial charge in [-0.1, -0.05) is 18.2 Å². The number of benzene rings is 1. The number of thiophene rings is 1. The van der Waals surface area contributed by atoms with Crippen molar-refractivity contribution in [2.75, 3.05) is 14.2 Å². The van der Waals surface area contributed by atoms with Crippen LogP contribution in [0.5, 0.6) is 11.5 Å². The molecule has 0 N–H and O–H groups in total. The van der Waals surface area contributed by atoms with Gasteiger partial charge in [-0.2, -0.15) is 11.3 Å². The van der Waals surface area contributed by atoms with Crippen LogP contribution in [0.1, 0.15) is 36.0 Å². The SMILES string of the molecule is COc1cc(/C=C/c2ccsc2)cc(OC)c1C1=CCCC1. The lowest BCUT2D eigenvalue weighted by Gasteiger charge is -2.15. The van der Waals surface area contributed by atoms with Gasteiger partial charge in [-0.3, -0.25) is 0 Å². The van der Waals surface area contributed by atoms with Gasteiger partial charge in [0.2, 0.25) is 0 Å². The van der Waals surface area contributed by atoms with Crippen molar-refractivity contribution in [3.05, 3.63) is 51.7 Å². The standard InChI is InChI=1S/C19H20O2S/c1-20-17-11-15(8-7-14-9-10-22-13-14)12-18(21-2)19(17)16-5-3-4-6-16/h5,7-13H,3-4,6H2,1-2H3/b8-7+. The molecule has 1 aromatic heterocycles. The number of allylic oxidation sites excluding steroid dienone is 2. The van der Waals surface area contributed by atoms with E-state index in [0.29, 0.717) is 0 Å². The molecule has 0 atom stereocenters. The van der Waals surface area contributed by atoms with Gasteiger partial charge < -0.3 is 9.47 Å². The van der Waals surface area contributed by atoms with Gasteiger partial charge in [-0.05, 0) is 64.9 Å². The zero-order chi connectivity index (χ0) is 15.4. The molecule has 0 aliphatic heterocycles. The van der Waals surface area contributed by atoms with E-state index >= 15 is 0 Å². The maximum absolute atomic E-state index is 5.63. The average molecular weight is 312 g/mol. The van der Waals surface area contributed by atoms with Crippen LogP contribution in [0.15, 0.2) is 35.0 Å². The summed E-state index contributed by atoms with van der Waals surface area (Å²) in [6.07, 6.45) is 9.94. The Balaban J connectivity index is 1.99. The molecular weight excluding hydrogens is 292 g/mol. The van der Waals surface area contributed by atoms with Crippen molar-refractivity contribution in [3.8, 4) is 11.5 Å². The van der Waals surface area contributed by atoms with Gasteiger partial charge in [0.1, 0.15) is 11.5 Å². The summed E-state index contributed by atoms with van der Waals surface area (Å²) in [7, 11) is 3.44. The Hall–Kier alpha value is -2.00. The third kappa shape index (κ3) is 3.09. The van der Waals surface area contributed by atoms with Gasteiger partial charge >= 0.3 is 0 Å². The normalized spacial score (nSPS) is 14.4. The van der Waals surface area contributed by atoms with Crippen LogP contribution in [0.2, 0.25) is 0 Å². The Bertz CT molecular complexity index is 671. The zero-order valence-corrected chi connectivity index (χ0v) is 13.8. The highest BCUT2D eigenvalue weighted by Gasteiger charge is 2.18. The van der Waals surface area contributed by atoms with Gasteiger partial charge in [-0.25, -0.2) is 0 Å². The molecule has 1 aromatic carbocycles. The van der Waals surface area contributed by atoms with E-state index in [1.54, 1.807) is 25.6 Å². The molecule has 114 valence electrons. The summed E-state index contributed by atoms with van der Waals surface area (Å²) in [5, 5.41) is 4.21. The van der Waals surface area contributed by atoms with Crippen molar-refractivity contribution in [1.29, 1.82) is 0 Å². The highest BCUT2D eigenvalue weighted by atomic mass is 32.1. The molecule has 0 saturated carbocycles. The van der Waals surface area contributed by atoms with Crippen LogP contribution in [0, 0.1) is 0 Å². The predicted molar refractivity (Wildman–Crippen MR) is 94.6 cm³/mol. The third-order valence-electron chi connectivity index (χ3n) is 3.90. The van der Waals surface area contributed by atoms with Crippen LogP contribution in [-0.2, 0) is 0 Å². The van der Waals surface area contributed by atoms with Gasteiger partial charge in [0.25, 0.3) is 0 Å². The van der Waals surface area contributed by atoms with E-state index in [9.17, 15) is 0 Å². The van der Waals surface area contributed by atoms with E-state index in [4.69, 9.17) is 9.47 Å². The summed E-state index contributed by atoms with van der Waals surface area (Å²) in [4.78, 5) is 0.